The van der Waals surface area contributed by atoms with Gasteiger partial charge >= 0.3 is 24.6 Å². The maximum Gasteiger partial charge on any atom is 0.573 e. The molecule has 21 heteroatoms. The lowest BCUT2D eigenvalue weighted by atomic mass is 10.0. The number of carbonyl (C=O) groups is 7. The van der Waals surface area contributed by atoms with E-state index in [4.69, 9.17) is 14.2 Å². The number of ether oxygens (including phenoxy) is 4. The summed E-state index contributed by atoms with van der Waals surface area (Å²) in [7, 11) is 0. The highest BCUT2D eigenvalue weighted by Gasteiger charge is 2.32. The Morgan fingerprint density at radius 2 is 1.09 bits per heavy atom. The summed E-state index contributed by atoms with van der Waals surface area (Å²) in [5, 5.41) is 15.1. The van der Waals surface area contributed by atoms with Gasteiger partial charge in [-0.25, -0.2) is 14.4 Å². The van der Waals surface area contributed by atoms with Gasteiger partial charge in [-0.2, -0.15) is 0 Å². The number of aryl methyl sites for hydroxylation is 1. The first-order valence-electron chi connectivity index (χ1n) is 20.5. The Morgan fingerprint density at radius 1 is 0.594 bits per heavy atom. The molecule has 0 saturated heterocycles. The van der Waals surface area contributed by atoms with Crippen molar-refractivity contribution in [2.75, 3.05) is 32.7 Å². The minimum absolute atomic E-state index is 0.0914. The van der Waals surface area contributed by atoms with E-state index in [1.807, 2.05) is 18.2 Å². The minimum Gasteiger partial charge on any atom is -0.444 e. The average Bonchev–Trinajstić information content (AvgIpc) is 3.14. The molecule has 2 rings (SSSR count). The Kier molecular flexibility index (Phi) is 20.6. The highest BCUT2D eigenvalue weighted by Crippen LogP contribution is 2.23. The summed E-state index contributed by atoms with van der Waals surface area (Å²) in [6.45, 7) is 13.6. The van der Waals surface area contributed by atoms with Gasteiger partial charge in [-0.05, 0) is 98.4 Å². The number of benzene rings is 2. The number of nitrogens with zero attached hydrogens (tertiary/aromatic N) is 1. The summed E-state index contributed by atoms with van der Waals surface area (Å²) in [6.07, 6.45) is -7.60. The van der Waals surface area contributed by atoms with E-state index in [9.17, 15) is 46.7 Å². The van der Waals surface area contributed by atoms with Crippen LogP contribution in [-0.2, 0) is 46.4 Å². The first-order valence-corrected chi connectivity index (χ1v) is 20.5. The molecule has 0 aromatic heterocycles. The Bertz CT molecular complexity index is 1830. The molecule has 0 saturated carbocycles. The van der Waals surface area contributed by atoms with Crippen LogP contribution in [0, 0.1) is 0 Å². The predicted octanol–water partition coefficient (Wildman–Crippen LogP) is 4.60. The Morgan fingerprint density at radius 3 is 1.59 bits per heavy atom. The second kappa shape index (κ2) is 24.5. The molecule has 356 valence electrons. The standard InChI is InChI=1S/C43H62F3N7O11/c1-40(2,3)62-37(58)47-21-23-53(24-22-48-38(59)63-41(4,5)6)34(55)25-32(52-39(60)64-42(7,8)9)36(57)50-27-33(54)51-31(20-17-28-13-11-10-12-14-28)35(56)49-26-29-15-18-30(19-16-29)61-43(44,45)46/h10-16,18-19,31-32H,17,20-27H2,1-9H3,(H,47,58)(H,48,59)(H,49,56)(H,50,57)(H,51,54)(H,52,60)/t31-,32-/m0/s1. The summed E-state index contributed by atoms with van der Waals surface area (Å²) in [5.74, 6) is -3.53. The molecule has 0 aliphatic rings. The number of rotatable bonds is 20. The quantitative estimate of drug-likeness (QED) is 0.101. The van der Waals surface area contributed by atoms with Crippen molar-refractivity contribution in [3.8, 4) is 5.75 Å². The van der Waals surface area contributed by atoms with Crippen LogP contribution < -0.4 is 36.6 Å². The van der Waals surface area contributed by atoms with E-state index in [0.717, 1.165) is 17.7 Å². The molecular weight excluding hydrogens is 848 g/mol. The van der Waals surface area contributed by atoms with Crippen molar-refractivity contribution in [1.29, 1.82) is 0 Å². The molecule has 2 atom stereocenters. The number of amides is 7. The van der Waals surface area contributed by atoms with E-state index >= 15 is 0 Å². The van der Waals surface area contributed by atoms with Gasteiger partial charge in [0, 0.05) is 32.7 Å². The summed E-state index contributed by atoms with van der Waals surface area (Å²) in [5.41, 5.74) is -1.29. The maximum absolute atomic E-state index is 13.8. The molecule has 2 aromatic rings. The van der Waals surface area contributed by atoms with Crippen LogP contribution in [0.2, 0.25) is 0 Å². The number of alkyl halides is 3. The van der Waals surface area contributed by atoms with Crippen molar-refractivity contribution >= 4 is 41.9 Å². The summed E-state index contributed by atoms with van der Waals surface area (Å²) in [6, 6.07) is 11.2. The molecule has 0 radical (unpaired) electrons. The van der Waals surface area contributed by atoms with Gasteiger partial charge in [0.15, 0.2) is 0 Å². The number of hydrogen-bond donors (Lipinski definition) is 6. The molecule has 0 aliphatic carbocycles. The molecule has 6 N–H and O–H groups in total. The van der Waals surface area contributed by atoms with Gasteiger partial charge in [0.1, 0.15) is 34.6 Å². The zero-order valence-corrected chi connectivity index (χ0v) is 37.8. The molecule has 7 amide bonds. The largest absolute Gasteiger partial charge is 0.573 e. The van der Waals surface area contributed by atoms with Crippen LogP contribution in [0.4, 0.5) is 27.6 Å². The van der Waals surface area contributed by atoms with Gasteiger partial charge in [0.2, 0.25) is 23.6 Å². The first-order chi connectivity index (χ1) is 29.6. The van der Waals surface area contributed by atoms with E-state index in [-0.39, 0.29) is 39.1 Å². The number of carbonyl (C=O) groups excluding carboxylic acids is 7. The highest BCUT2D eigenvalue weighted by molar-refractivity contribution is 5.94. The van der Waals surface area contributed by atoms with Gasteiger partial charge in [-0.3, -0.25) is 19.2 Å². The second-order valence-corrected chi connectivity index (χ2v) is 17.4. The number of alkyl carbamates (subject to hydrolysis) is 3. The number of nitrogens with one attached hydrogen (secondary N) is 6. The fourth-order valence-corrected chi connectivity index (χ4v) is 5.42. The van der Waals surface area contributed by atoms with Crippen LogP contribution in [0.15, 0.2) is 54.6 Å². The summed E-state index contributed by atoms with van der Waals surface area (Å²) >= 11 is 0. The summed E-state index contributed by atoms with van der Waals surface area (Å²) in [4.78, 5) is 92.9. The normalized spacial score (nSPS) is 12.6. The van der Waals surface area contributed by atoms with Crippen molar-refractivity contribution in [2.45, 2.75) is 123 Å². The third kappa shape index (κ3) is 24.4. The molecule has 64 heavy (non-hydrogen) atoms. The molecule has 0 spiro atoms. The van der Waals surface area contributed by atoms with Crippen molar-refractivity contribution in [3.05, 3.63) is 65.7 Å². The lowest BCUT2D eigenvalue weighted by Crippen LogP contribution is -2.54. The zero-order valence-electron chi connectivity index (χ0n) is 37.8. The van der Waals surface area contributed by atoms with Crippen LogP contribution in [0.25, 0.3) is 0 Å². The van der Waals surface area contributed by atoms with Crippen LogP contribution >= 0.6 is 0 Å². The number of hydrogen-bond acceptors (Lipinski definition) is 11. The van der Waals surface area contributed by atoms with Gasteiger partial charge in [-0.1, -0.05) is 42.5 Å². The minimum atomic E-state index is -4.87. The molecular formula is C43H62F3N7O11. The van der Waals surface area contributed by atoms with Gasteiger partial charge in [0.05, 0.1) is 13.0 Å². The van der Waals surface area contributed by atoms with Gasteiger partial charge in [0.25, 0.3) is 0 Å². The SMILES string of the molecule is CC(C)(C)OC(=O)NCCN(CCNC(=O)OC(C)(C)C)C(=O)C[C@H](NC(=O)OC(C)(C)C)C(=O)NCC(=O)N[C@@H](CCc1ccccc1)C(=O)NCc1ccc(OC(F)(F)F)cc1. The molecule has 18 nitrogen and oxygen atoms in total. The second-order valence-electron chi connectivity index (χ2n) is 17.4. The topological polar surface area (TPSA) is 232 Å². The van der Waals surface area contributed by atoms with Crippen LogP contribution in [0.1, 0.15) is 86.3 Å². The third-order valence-electron chi connectivity index (χ3n) is 8.10. The average molecular weight is 910 g/mol. The van der Waals surface area contributed by atoms with Gasteiger partial charge in [-0.15, -0.1) is 13.2 Å². The van der Waals surface area contributed by atoms with E-state index in [2.05, 4.69) is 36.6 Å². The summed E-state index contributed by atoms with van der Waals surface area (Å²) < 4.78 is 57.5. The monoisotopic (exact) mass is 909 g/mol. The number of halogens is 3. The van der Waals surface area contributed by atoms with Crippen molar-refractivity contribution < 1.29 is 65.7 Å². The fraction of sp³-hybridized carbons (Fsp3) is 0.558. The van der Waals surface area contributed by atoms with Gasteiger partial charge < -0.3 is 55.7 Å². The molecule has 0 unspecified atom stereocenters. The van der Waals surface area contributed by atoms with E-state index in [1.54, 1.807) is 74.4 Å². The van der Waals surface area contributed by atoms with Crippen LogP contribution in [-0.4, -0.2) is 115 Å². The van der Waals surface area contributed by atoms with Crippen molar-refractivity contribution in [2.24, 2.45) is 0 Å². The lowest BCUT2D eigenvalue weighted by Gasteiger charge is -2.27. The van der Waals surface area contributed by atoms with E-state index in [1.165, 1.54) is 17.0 Å². The maximum atomic E-state index is 13.8. The lowest BCUT2D eigenvalue weighted by molar-refractivity contribution is -0.274. The molecule has 0 heterocycles. The Labute approximate surface area is 371 Å². The zero-order chi connectivity index (χ0) is 48.3. The highest BCUT2D eigenvalue weighted by atomic mass is 19.4. The smallest absolute Gasteiger partial charge is 0.444 e. The first kappa shape index (κ1) is 53.9. The van der Waals surface area contributed by atoms with Crippen molar-refractivity contribution in [1.82, 2.24) is 36.8 Å². The van der Waals surface area contributed by atoms with E-state index in [0.29, 0.717) is 12.0 Å². The van der Waals surface area contributed by atoms with Crippen molar-refractivity contribution in [3.63, 3.8) is 0 Å². The van der Waals surface area contributed by atoms with Crippen LogP contribution in [0.5, 0.6) is 5.75 Å². The molecule has 2 aromatic carbocycles. The predicted molar refractivity (Wildman–Crippen MR) is 228 cm³/mol. The molecule has 0 fully saturated rings. The van der Waals surface area contributed by atoms with Crippen LogP contribution in [0.3, 0.4) is 0 Å². The Balaban J connectivity index is 2.22. The molecule has 0 bridgehead atoms. The Hall–Kier alpha value is -6.28. The molecule has 0 aliphatic heterocycles. The van der Waals surface area contributed by atoms with E-state index < -0.39 is 95.9 Å². The fourth-order valence-electron chi connectivity index (χ4n) is 5.42. The third-order valence-corrected chi connectivity index (χ3v) is 8.10.